The number of carbonyl (C=O) groups excluding carboxylic acids is 1. The minimum absolute atomic E-state index is 0.0298. The minimum Gasteiger partial charge on any atom is -0.456 e. The van der Waals surface area contributed by atoms with E-state index < -0.39 is 5.97 Å². The molecule has 1 N–H and O–H groups in total. The molecule has 0 bridgehead atoms. The predicted octanol–water partition coefficient (Wildman–Crippen LogP) is 3.85. The van der Waals surface area contributed by atoms with Gasteiger partial charge in [-0.25, -0.2) is 4.79 Å². The summed E-state index contributed by atoms with van der Waals surface area (Å²) >= 11 is 3.45. The quantitative estimate of drug-likeness (QED) is 0.678. The van der Waals surface area contributed by atoms with E-state index in [1.165, 1.54) is 6.42 Å². The zero-order valence-electron chi connectivity index (χ0n) is 11.3. The van der Waals surface area contributed by atoms with Gasteiger partial charge in [0.05, 0.1) is 0 Å². The number of nitrogens with one attached hydrogen (secondary N) is 1. The highest BCUT2D eigenvalue weighted by Crippen LogP contribution is 2.37. The van der Waals surface area contributed by atoms with Crippen molar-refractivity contribution in [3.8, 4) is 0 Å². The molecule has 1 fully saturated rings. The number of rotatable bonds is 4. The molecule has 1 aromatic rings. The lowest BCUT2D eigenvalue weighted by Crippen LogP contribution is -2.18. The van der Waals surface area contributed by atoms with Crippen LogP contribution in [0, 0.1) is 5.41 Å². The van der Waals surface area contributed by atoms with E-state index in [0.717, 1.165) is 26.9 Å². The zero-order chi connectivity index (χ0) is 14.4. The van der Waals surface area contributed by atoms with Gasteiger partial charge in [-0.05, 0) is 30.4 Å². The molecule has 5 heteroatoms. The second kappa shape index (κ2) is 7.55. The highest BCUT2D eigenvalue weighted by molar-refractivity contribution is 8.22. The van der Waals surface area contributed by atoms with Crippen LogP contribution in [0.1, 0.15) is 18.9 Å². The molecular weight excluding hydrogens is 290 g/mol. The lowest BCUT2D eigenvalue weighted by atomic mass is 10.2. The molecule has 106 valence electrons. The van der Waals surface area contributed by atoms with Crippen LogP contribution in [0.15, 0.2) is 40.1 Å². The SMILES string of the molecule is CC(C(=N)C(=O)OCc1ccccc1)=C1SCCCS1. The van der Waals surface area contributed by atoms with Crippen LogP contribution < -0.4 is 0 Å². The maximum atomic E-state index is 11.9. The molecule has 0 atom stereocenters. The zero-order valence-corrected chi connectivity index (χ0v) is 13.0. The number of thioether (sulfide) groups is 2. The summed E-state index contributed by atoms with van der Waals surface area (Å²) in [5.41, 5.74) is 1.64. The summed E-state index contributed by atoms with van der Waals surface area (Å²) in [5, 5.41) is 7.94. The van der Waals surface area contributed by atoms with Crippen molar-refractivity contribution >= 4 is 35.2 Å². The summed E-state index contributed by atoms with van der Waals surface area (Å²) in [6.45, 7) is 2.04. The molecule has 1 heterocycles. The lowest BCUT2D eigenvalue weighted by Gasteiger charge is -2.16. The summed E-state index contributed by atoms with van der Waals surface area (Å²) in [6, 6.07) is 9.51. The molecule has 0 saturated carbocycles. The van der Waals surface area contributed by atoms with Gasteiger partial charge in [0.1, 0.15) is 12.3 Å². The third-order valence-electron chi connectivity index (χ3n) is 2.85. The number of benzene rings is 1. The predicted molar refractivity (Wildman–Crippen MR) is 86.2 cm³/mol. The van der Waals surface area contributed by atoms with Gasteiger partial charge in [0, 0.05) is 9.81 Å². The van der Waals surface area contributed by atoms with Gasteiger partial charge in [-0.15, -0.1) is 23.5 Å². The van der Waals surface area contributed by atoms with Crippen LogP contribution in [0.3, 0.4) is 0 Å². The number of hydrogen-bond acceptors (Lipinski definition) is 5. The first-order valence-corrected chi connectivity index (χ1v) is 8.42. The second-order valence-corrected chi connectivity index (χ2v) is 6.87. The molecule has 0 radical (unpaired) electrons. The summed E-state index contributed by atoms with van der Waals surface area (Å²) < 4.78 is 6.27. The van der Waals surface area contributed by atoms with Gasteiger partial charge in [0.2, 0.25) is 0 Å². The summed E-state index contributed by atoms with van der Waals surface area (Å²) in [4.78, 5) is 11.9. The third-order valence-corrected chi connectivity index (χ3v) is 5.68. The first-order chi connectivity index (χ1) is 9.68. The van der Waals surface area contributed by atoms with Crippen LogP contribution in [0.2, 0.25) is 0 Å². The monoisotopic (exact) mass is 307 g/mol. The molecule has 1 aromatic carbocycles. The molecule has 0 unspecified atom stereocenters. The number of esters is 1. The van der Waals surface area contributed by atoms with E-state index in [9.17, 15) is 4.79 Å². The Morgan fingerprint density at radius 2 is 1.90 bits per heavy atom. The molecule has 0 amide bonds. The largest absolute Gasteiger partial charge is 0.456 e. The fourth-order valence-corrected chi connectivity index (χ4v) is 4.30. The molecular formula is C15H17NO2S2. The Balaban J connectivity index is 1.93. The van der Waals surface area contributed by atoms with Crippen molar-refractivity contribution in [1.82, 2.24) is 0 Å². The Morgan fingerprint density at radius 1 is 1.25 bits per heavy atom. The van der Waals surface area contributed by atoms with Crippen molar-refractivity contribution in [2.45, 2.75) is 20.0 Å². The van der Waals surface area contributed by atoms with Gasteiger partial charge >= 0.3 is 5.97 Å². The maximum absolute atomic E-state index is 11.9. The minimum atomic E-state index is -0.550. The van der Waals surface area contributed by atoms with Crippen molar-refractivity contribution in [2.24, 2.45) is 0 Å². The molecule has 20 heavy (non-hydrogen) atoms. The molecule has 0 spiro atoms. The maximum Gasteiger partial charge on any atom is 0.356 e. The Hall–Kier alpha value is -1.20. The lowest BCUT2D eigenvalue weighted by molar-refractivity contribution is -0.136. The van der Waals surface area contributed by atoms with Crippen LogP contribution in [0.5, 0.6) is 0 Å². The molecule has 3 nitrogen and oxygen atoms in total. The van der Waals surface area contributed by atoms with Gasteiger partial charge < -0.3 is 4.74 Å². The Kier molecular flexibility index (Phi) is 5.73. The van der Waals surface area contributed by atoms with Crippen molar-refractivity contribution in [3.05, 3.63) is 45.7 Å². The smallest absolute Gasteiger partial charge is 0.356 e. The van der Waals surface area contributed by atoms with Gasteiger partial charge in [-0.1, -0.05) is 30.3 Å². The first kappa shape index (κ1) is 15.2. The topological polar surface area (TPSA) is 50.2 Å². The van der Waals surface area contributed by atoms with Crippen LogP contribution in [-0.4, -0.2) is 23.2 Å². The highest BCUT2D eigenvalue weighted by atomic mass is 32.2. The number of carbonyl (C=O) groups is 1. The Morgan fingerprint density at radius 3 is 2.55 bits per heavy atom. The standard InChI is InChI=1S/C15H17NO2S2/c1-11(15-19-8-5-9-20-15)13(16)14(17)18-10-12-6-3-2-4-7-12/h2-4,6-7,16H,5,8-10H2,1H3. The van der Waals surface area contributed by atoms with E-state index in [1.807, 2.05) is 37.3 Å². The summed E-state index contributed by atoms with van der Waals surface area (Å²) in [6.07, 6.45) is 1.18. The fraction of sp³-hybridized carbons (Fsp3) is 0.333. The summed E-state index contributed by atoms with van der Waals surface area (Å²) in [5.74, 6) is 1.57. The average molecular weight is 307 g/mol. The van der Waals surface area contributed by atoms with Crippen LogP contribution in [0.4, 0.5) is 0 Å². The van der Waals surface area contributed by atoms with Crippen LogP contribution in [-0.2, 0) is 16.1 Å². The van der Waals surface area contributed by atoms with Crippen molar-refractivity contribution in [2.75, 3.05) is 11.5 Å². The average Bonchev–Trinajstić information content (AvgIpc) is 2.53. The van der Waals surface area contributed by atoms with Crippen molar-refractivity contribution < 1.29 is 9.53 Å². The molecule has 2 rings (SSSR count). The molecule has 1 aliphatic heterocycles. The third kappa shape index (κ3) is 4.15. The van der Waals surface area contributed by atoms with Crippen LogP contribution >= 0.6 is 23.5 Å². The van der Waals surface area contributed by atoms with E-state index in [2.05, 4.69) is 0 Å². The van der Waals surface area contributed by atoms with E-state index in [-0.39, 0.29) is 12.3 Å². The van der Waals surface area contributed by atoms with E-state index in [1.54, 1.807) is 23.5 Å². The number of hydrogen-bond donors (Lipinski definition) is 1. The van der Waals surface area contributed by atoms with Gasteiger partial charge in [-0.3, -0.25) is 5.41 Å². The van der Waals surface area contributed by atoms with E-state index in [0.29, 0.717) is 0 Å². The molecule has 0 aliphatic carbocycles. The Labute approximate surface area is 127 Å². The van der Waals surface area contributed by atoms with E-state index >= 15 is 0 Å². The van der Waals surface area contributed by atoms with Crippen LogP contribution in [0.25, 0.3) is 0 Å². The van der Waals surface area contributed by atoms with Gasteiger partial charge in [0.25, 0.3) is 0 Å². The Bertz CT molecular complexity index is 518. The molecule has 0 aromatic heterocycles. The van der Waals surface area contributed by atoms with Crippen molar-refractivity contribution in [3.63, 3.8) is 0 Å². The second-order valence-electron chi connectivity index (χ2n) is 4.40. The first-order valence-electron chi connectivity index (χ1n) is 6.45. The normalized spacial score (nSPS) is 14.8. The van der Waals surface area contributed by atoms with Crippen molar-refractivity contribution in [1.29, 1.82) is 5.41 Å². The highest BCUT2D eigenvalue weighted by Gasteiger charge is 2.19. The molecule has 1 saturated heterocycles. The number of ether oxygens (including phenoxy) is 1. The van der Waals surface area contributed by atoms with Gasteiger partial charge in [0.15, 0.2) is 0 Å². The van der Waals surface area contributed by atoms with E-state index in [4.69, 9.17) is 10.1 Å². The summed E-state index contributed by atoms with van der Waals surface area (Å²) in [7, 11) is 0. The van der Waals surface area contributed by atoms with Gasteiger partial charge in [-0.2, -0.15) is 0 Å². The molecule has 1 aliphatic rings. The fourth-order valence-electron chi connectivity index (χ4n) is 1.70.